The molecule has 3 rings (SSSR count). The van der Waals surface area contributed by atoms with Crippen molar-refractivity contribution in [1.29, 1.82) is 0 Å². The smallest absolute Gasteiger partial charge is 0.363 e. The molecular formula is C14H7Br2NO3. The minimum atomic E-state index is -0.493. The number of nitrogens with zero attached hydrogens (tertiary/aromatic N) is 1. The quantitative estimate of drug-likeness (QED) is 0.566. The molecule has 0 amide bonds. The van der Waals surface area contributed by atoms with Gasteiger partial charge >= 0.3 is 5.97 Å². The molecule has 6 heteroatoms. The first kappa shape index (κ1) is 13.3. The lowest BCUT2D eigenvalue weighted by Gasteiger charge is -1.97. The summed E-state index contributed by atoms with van der Waals surface area (Å²) in [4.78, 5) is 16.0. The van der Waals surface area contributed by atoms with Crippen molar-refractivity contribution in [3.8, 4) is 0 Å². The van der Waals surface area contributed by atoms with E-state index in [4.69, 9.17) is 9.15 Å². The Hall–Kier alpha value is -1.66. The van der Waals surface area contributed by atoms with E-state index in [1.165, 1.54) is 6.08 Å². The van der Waals surface area contributed by atoms with E-state index in [1.807, 2.05) is 30.3 Å². The van der Waals surface area contributed by atoms with E-state index in [2.05, 4.69) is 36.9 Å². The maximum absolute atomic E-state index is 11.8. The molecule has 0 aliphatic carbocycles. The summed E-state index contributed by atoms with van der Waals surface area (Å²) >= 11 is 6.54. The average Bonchev–Trinajstić information content (AvgIpc) is 2.95. The molecule has 1 aliphatic heterocycles. The number of carbonyl (C=O) groups is 1. The molecule has 0 fully saturated rings. The van der Waals surface area contributed by atoms with Crippen molar-refractivity contribution in [1.82, 2.24) is 0 Å². The Kier molecular flexibility index (Phi) is 3.58. The molecule has 20 heavy (non-hydrogen) atoms. The average molecular weight is 397 g/mol. The van der Waals surface area contributed by atoms with Gasteiger partial charge in [0.05, 0.1) is 4.47 Å². The Bertz CT molecular complexity index is 713. The molecular weight excluding hydrogens is 390 g/mol. The van der Waals surface area contributed by atoms with E-state index in [-0.39, 0.29) is 5.70 Å². The largest absolute Gasteiger partial charge is 0.449 e. The summed E-state index contributed by atoms with van der Waals surface area (Å²) in [6.07, 6.45) is 1.54. The number of carbonyl (C=O) groups excluding carboxylic acids is 1. The molecule has 0 unspecified atom stereocenters. The zero-order valence-electron chi connectivity index (χ0n) is 9.97. The molecule has 0 atom stereocenters. The van der Waals surface area contributed by atoms with Gasteiger partial charge in [0.25, 0.3) is 0 Å². The number of aliphatic imine (C=N–C) groups is 1. The van der Waals surface area contributed by atoms with Crippen molar-refractivity contribution in [2.45, 2.75) is 0 Å². The fraction of sp³-hybridized carbons (Fsp3) is 0. The van der Waals surface area contributed by atoms with Gasteiger partial charge in [0.15, 0.2) is 10.4 Å². The SMILES string of the molecule is O=C1OC(c2ccccc2)=NC1=Cc1cc(Br)c(Br)o1. The number of cyclic esters (lactones) is 1. The van der Waals surface area contributed by atoms with E-state index in [0.29, 0.717) is 16.3 Å². The van der Waals surface area contributed by atoms with Gasteiger partial charge in [-0.05, 0) is 50.1 Å². The van der Waals surface area contributed by atoms with Crippen LogP contribution in [-0.2, 0) is 9.53 Å². The van der Waals surface area contributed by atoms with Crippen LogP contribution in [0.15, 0.2) is 60.6 Å². The molecule has 0 bridgehead atoms. The minimum Gasteiger partial charge on any atom is -0.449 e. The van der Waals surface area contributed by atoms with Crippen molar-refractivity contribution in [2.75, 3.05) is 0 Å². The van der Waals surface area contributed by atoms with Crippen LogP contribution in [0.25, 0.3) is 6.08 Å². The van der Waals surface area contributed by atoms with Gasteiger partial charge in [-0.2, -0.15) is 0 Å². The fourth-order valence-corrected chi connectivity index (χ4v) is 2.29. The predicted molar refractivity (Wildman–Crippen MR) is 81.2 cm³/mol. The van der Waals surface area contributed by atoms with Crippen LogP contribution in [0.5, 0.6) is 0 Å². The highest BCUT2D eigenvalue weighted by molar-refractivity contribution is 9.13. The molecule has 1 aromatic heterocycles. The van der Waals surface area contributed by atoms with Crippen LogP contribution in [0.4, 0.5) is 0 Å². The first-order valence-electron chi connectivity index (χ1n) is 5.66. The summed E-state index contributed by atoms with van der Waals surface area (Å²) in [6.45, 7) is 0. The fourth-order valence-electron chi connectivity index (χ4n) is 1.68. The Morgan fingerprint density at radius 2 is 1.90 bits per heavy atom. The van der Waals surface area contributed by atoms with Crippen LogP contribution < -0.4 is 0 Å². The maximum Gasteiger partial charge on any atom is 0.363 e. The van der Waals surface area contributed by atoms with E-state index in [9.17, 15) is 4.79 Å². The van der Waals surface area contributed by atoms with Gasteiger partial charge in [0, 0.05) is 11.6 Å². The minimum absolute atomic E-state index is 0.206. The van der Waals surface area contributed by atoms with Gasteiger partial charge in [-0.25, -0.2) is 9.79 Å². The summed E-state index contributed by atoms with van der Waals surface area (Å²) < 4.78 is 11.9. The third kappa shape index (κ3) is 2.62. The Morgan fingerprint density at radius 3 is 2.55 bits per heavy atom. The second kappa shape index (κ2) is 5.38. The van der Waals surface area contributed by atoms with Crippen LogP contribution in [0.3, 0.4) is 0 Å². The molecule has 4 nitrogen and oxygen atoms in total. The van der Waals surface area contributed by atoms with Gasteiger partial charge in [-0.3, -0.25) is 0 Å². The van der Waals surface area contributed by atoms with E-state index >= 15 is 0 Å². The van der Waals surface area contributed by atoms with Crippen LogP contribution in [-0.4, -0.2) is 11.9 Å². The summed E-state index contributed by atoms with van der Waals surface area (Å²) in [6, 6.07) is 11.0. The predicted octanol–water partition coefficient (Wildman–Crippen LogP) is 4.15. The summed E-state index contributed by atoms with van der Waals surface area (Å²) in [5, 5.41) is 0. The second-order valence-corrected chi connectivity index (χ2v) is 5.55. The lowest BCUT2D eigenvalue weighted by molar-refractivity contribution is -0.129. The highest BCUT2D eigenvalue weighted by atomic mass is 79.9. The van der Waals surface area contributed by atoms with E-state index in [0.717, 1.165) is 10.0 Å². The standard InChI is InChI=1S/C14H7Br2NO3/c15-10-6-9(19-12(10)16)7-11-14(18)20-13(17-11)8-4-2-1-3-5-8/h1-7H. The van der Waals surface area contributed by atoms with Gasteiger partial charge < -0.3 is 9.15 Å². The topological polar surface area (TPSA) is 51.8 Å². The summed E-state index contributed by atoms with van der Waals surface area (Å²) in [5.74, 6) is 0.313. The van der Waals surface area contributed by atoms with Gasteiger partial charge in [0.1, 0.15) is 5.76 Å². The third-order valence-electron chi connectivity index (χ3n) is 2.58. The number of halogens is 2. The Morgan fingerprint density at radius 1 is 1.15 bits per heavy atom. The molecule has 0 saturated heterocycles. The van der Waals surface area contributed by atoms with Crippen LogP contribution in [0.2, 0.25) is 0 Å². The monoisotopic (exact) mass is 395 g/mol. The van der Waals surface area contributed by atoms with Crippen LogP contribution in [0, 0.1) is 0 Å². The number of furan rings is 1. The molecule has 0 N–H and O–H groups in total. The van der Waals surface area contributed by atoms with Crippen molar-refractivity contribution >= 4 is 49.8 Å². The van der Waals surface area contributed by atoms with Gasteiger partial charge in [0.2, 0.25) is 5.90 Å². The highest BCUT2D eigenvalue weighted by Crippen LogP contribution is 2.29. The van der Waals surface area contributed by atoms with Crippen molar-refractivity contribution in [3.63, 3.8) is 0 Å². The lowest BCUT2D eigenvalue weighted by atomic mass is 10.2. The zero-order valence-corrected chi connectivity index (χ0v) is 13.1. The first-order chi connectivity index (χ1) is 9.63. The Balaban J connectivity index is 1.94. The second-order valence-electron chi connectivity index (χ2n) is 3.97. The lowest BCUT2D eigenvalue weighted by Crippen LogP contribution is -2.04. The molecule has 0 saturated carbocycles. The summed E-state index contributed by atoms with van der Waals surface area (Å²) in [7, 11) is 0. The third-order valence-corrected chi connectivity index (χ3v) is 4.29. The maximum atomic E-state index is 11.8. The number of benzene rings is 1. The summed E-state index contributed by atoms with van der Waals surface area (Å²) in [5.41, 5.74) is 0.962. The first-order valence-corrected chi connectivity index (χ1v) is 7.25. The van der Waals surface area contributed by atoms with Gasteiger partial charge in [-0.1, -0.05) is 18.2 Å². The number of rotatable bonds is 2. The zero-order chi connectivity index (χ0) is 14.1. The highest BCUT2D eigenvalue weighted by Gasteiger charge is 2.24. The molecule has 1 aliphatic rings. The molecule has 100 valence electrons. The molecule has 0 radical (unpaired) electrons. The normalized spacial score (nSPS) is 16.4. The number of hydrogen-bond acceptors (Lipinski definition) is 4. The van der Waals surface area contributed by atoms with Crippen molar-refractivity contribution in [3.05, 3.63) is 62.6 Å². The van der Waals surface area contributed by atoms with E-state index in [1.54, 1.807) is 6.07 Å². The molecule has 2 heterocycles. The number of ether oxygens (including phenoxy) is 1. The van der Waals surface area contributed by atoms with Gasteiger partial charge in [-0.15, -0.1) is 0 Å². The van der Waals surface area contributed by atoms with Crippen molar-refractivity contribution < 1.29 is 13.9 Å². The molecule has 1 aromatic carbocycles. The molecule has 0 spiro atoms. The van der Waals surface area contributed by atoms with Crippen molar-refractivity contribution in [2.24, 2.45) is 4.99 Å². The Labute approximate surface area is 131 Å². The molecule has 2 aromatic rings. The van der Waals surface area contributed by atoms with Crippen LogP contribution in [0.1, 0.15) is 11.3 Å². The number of esters is 1. The van der Waals surface area contributed by atoms with Crippen LogP contribution >= 0.6 is 31.9 Å². The number of hydrogen-bond donors (Lipinski definition) is 0. The van der Waals surface area contributed by atoms with E-state index < -0.39 is 5.97 Å².